The van der Waals surface area contributed by atoms with Crippen molar-refractivity contribution in [2.75, 3.05) is 19.8 Å². The average Bonchev–Trinajstić information content (AvgIpc) is 2.61. The zero-order valence-electron chi connectivity index (χ0n) is 14.6. The smallest absolute Gasteiger partial charge is 0.161 e. The van der Waals surface area contributed by atoms with Crippen molar-refractivity contribution in [3.05, 3.63) is 58.6 Å². The summed E-state index contributed by atoms with van der Waals surface area (Å²) in [5, 5.41) is 12.9. The van der Waals surface area contributed by atoms with E-state index >= 15 is 0 Å². The highest BCUT2D eigenvalue weighted by molar-refractivity contribution is 6.30. The summed E-state index contributed by atoms with van der Waals surface area (Å²) in [4.78, 5) is 0. The molecule has 0 spiro atoms. The van der Waals surface area contributed by atoms with Gasteiger partial charge in [-0.3, -0.25) is 0 Å². The molecule has 136 valence electrons. The summed E-state index contributed by atoms with van der Waals surface area (Å²) in [5.74, 6) is 1.48. The van der Waals surface area contributed by atoms with Crippen molar-refractivity contribution < 1.29 is 14.6 Å². The van der Waals surface area contributed by atoms with Gasteiger partial charge in [0.1, 0.15) is 6.61 Å². The van der Waals surface area contributed by atoms with Gasteiger partial charge in [-0.05, 0) is 61.7 Å². The van der Waals surface area contributed by atoms with E-state index in [1.54, 1.807) is 0 Å². The topological polar surface area (TPSA) is 50.7 Å². The molecule has 2 aromatic carbocycles. The van der Waals surface area contributed by atoms with Gasteiger partial charge in [-0.15, -0.1) is 0 Å². The number of aliphatic hydroxyl groups is 1. The molecule has 4 nitrogen and oxygen atoms in total. The van der Waals surface area contributed by atoms with Crippen LogP contribution in [0.5, 0.6) is 11.5 Å². The summed E-state index contributed by atoms with van der Waals surface area (Å²) >= 11 is 6.01. The van der Waals surface area contributed by atoms with Gasteiger partial charge in [0.2, 0.25) is 0 Å². The van der Waals surface area contributed by atoms with Crippen LogP contribution in [0.1, 0.15) is 30.9 Å². The first-order valence-corrected chi connectivity index (χ1v) is 9.05. The number of hydrogen-bond donors (Lipinski definition) is 2. The molecule has 0 bridgehead atoms. The van der Waals surface area contributed by atoms with Crippen LogP contribution in [0.15, 0.2) is 42.5 Å². The number of hydrogen-bond acceptors (Lipinski definition) is 4. The monoisotopic (exact) mass is 363 g/mol. The standard InChI is InChI=1S/C20H26ClNO3/c1-2-24-20-13-16(14-22-10-3-4-11-23)8-9-19(20)25-15-17-6-5-7-18(21)12-17/h5-9,12-13,22-23H,2-4,10-11,14-15H2,1H3. The van der Waals surface area contributed by atoms with Gasteiger partial charge in [0.25, 0.3) is 0 Å². The molecule has 0 aromatic heterocycles. The zero-order valence-corrected chi connectivity index (χ0v) is 15.4. The first kappa shape index (κ1) is 19.6. The third kappa shape index (κ3) is 6.94. The number of unbranched alkanes of at least 4 members (excludes halogenated alkanes) is 1. The first-order valence-electron chi connectivity index (χ1n) is 8.67. The molecule has 0 saturated carbocycles. The maximum absolute atomic E-state index is 8.79. The van der Waals surface area contributed by atoms with Crippen molar-refractivity contribution in [2.45, 2.75) is 32.9 Å². The van der Waals surface area contributed by atoms with E-state index in [-0.39, 0.29) is 6.61 Å². The van der Waals surface area contributed by atoms with Crippen molar-refractivity contribution in [1.82, 2.24) is 5.32 Å². The second-order valence-electron chi connectivity index (χ2n) is 5.74. The van der Waals surface area contributed by atoms with Gasteiger partial charge in [-0.2, -0.15) is 0 Å². The van der Waals surface area contributed by atoms with Gasteiger partial charge in [0.15, 0.2) is 11.5 Å². The number of ether oxygens (including phenoxy) is 2. The van der Waals surface area contributed by atoms with E-state index in [1.165, 1.54) is 0 Å². The number of aliphatic hydroxyl groups excluding tert-OH is 1. The van der Waals surface area contributed by atoms with Crippen LogP contribution in [-0.2, 0) is 13.2 Å². The summed E-state index contributed by atoms with van der Waals surface area (Å²) in [5.41, 5.74) is 2.16. The molecule has 0 radical (unpaired) electrons. The van der Waals surface area contributed by atoms with Crippen LogP contribution < -0.4 is 14.8 Å². The number of benzene rings is 2. The lowest BCUT2D eigenvalue weighted by molar-refractivity contribution is 0.269. The largest absolute Gasteiger partial charge is 0.490 e. The fraction of sp³-hybridized carbons (Fsp3) is 0.400. The molecule has 0 fully saturated rings. The second-order valence-corrected chi connectivity index (χ2v) is 6.18. The van der Waals surface area contributed by atoms with Crippen LogP contribution in [0.3, 0.4) is 0 Å². The van der Waals surface area contributed by atoms with Gasteiger partial charge in [0, 0.05) is 18.2 Å². The SMILES string of the molecule is CCOc1cc(CNCCCCO)ccc1OCc1cccc(Cl)c1. The van der Waals surface area contributed by atoms with E-state index in [2.05, 4.69) is 5.32 Å². The van der Waals surface area contributed by atoms with E-state index in [9.17, 15) is 0 Å². The van der Waals surface area contributed by atoms with E-state index in [0.29, 0.717) is 18.2 Å². The molecule has 5 heteroatoms. The zero-order chi connectivity index (χ0) is 17.9. The Balaban J connectivity index is 1.95. The summed E-state index contributed by atoms with van der Waals surface area (Å²) < 4.78 is 11.6. The average molecular weight is 364 g/mol. The quantitative estimate of drug-likeness (QED) is 0.588. The predicted octanol–water partition coefficient (Wildman–Crippen LogP) is 4.18. The first-order chi connectivity index (χ1) is 12.2. The molecule has 0 atom stereocenters. The minimum atomic E-state index is 0.245. The van der Waals surface area contributed by atoms with E-state index in [4.69, 9.17) is 26.2 Å². The molecule has 0 heterocycles. The van der Waals surface area contributed by atoms with Crippen molar-refractivity contribution in [1.29, 1.82) is 0 Å². The number of rotatable bonds is 11. The Bertz CT molecular complexity index is 649. The van der Waals surface area contributed by atoms with Crippen molar-refractivity contribution in [3.63, 3.8) is 0 Å². The van der Waals surface area contributed by atoms with Gasteiger partial charge in [0.05, 0.1) is 6.61 Å². The highest BCUT2D eigenvalue weighted by Gasteiger charge is 2.07. The third-order valence-corrected chi connectivity index (χ3v) is 3.92. The Morgan fingerprint density at radius 2 is 1.88 bits per heavy atom. The lowest BCUT2D eigenvalue weighted by atomic mass is 10.2. The molecule has 0 aliphatic heterocycles. The van der Waals surface area contributed by atoms with E-state index in [1.807, 2.05) is 49.4 Å². The van der Waals surface area contributed by atoms with E-state index in [0.717, 1.165) is 48.6 Å². The Morgan fingerprint density at radius 1 is 1.00 bits per heavy atom. The summed E-state index contributed by atoms with van der Waals surface area (Å²) in [6.07, 6.45) is 1.79. The van der Waals surface area contributed by atoms with E-state index < -0.39 is 0 Å². The van der Waals surface area contributed by atoms with Gasteiger partial charge < -0.3 is 19.9 Å². The predicted molar refractivity (Wildman–Crippen MR) is 101 cm³/mol. The minimum Gasteiger partial charge on any atom is -0.490 e. The molecule has 0 amide bonds. The highest BCUT2D eigenvalue weighted by atomic mass is 35.5. The highest BCUT2D eigenvalue weighted by Crippen LogP contribution is 2.29. The molecule has 0 saturated heterocycles. The fourth-order valence-corrected chi connectivity index (χ4v) is 2.65. The lowest BCUT2D eigenvalue weighted by Gasteiger charge is -2.14. The Kier molecular flexibility index (Phi) is 8.60. The van der Waals surface area contributed by atoms with Crippen LogP contribution >= 0.6 is 11.6 Å². The summed E-state index contributed by atoms with van der Waals surface area (Å²) in [6, 6.07) is 13.6. The van der Waals surface area contributed by atoms with Gasteiger partial charge in [-0.25, -0.2) is 0 Å². The molecule has 2 rings (SSSR count). The third-order valence-electron chi connectivity index (χ3n) is 3.68. The van der Waals surface area contributed by atoms with Crippen LogP contribution in [0, 0.1) is 0 Å². The number of halogens is 1. The molecule has 2 aromatic rings. The Labute approximate surface area is 154 Å². The molecule has 0 unspecified atom stereocenters. The number of nitrogens with one attached hydrogen (secondary N) is 1. The molecule has 25 heavy (non-hydrogen) atoms. The lowest BCUT2D eigenvalue weighted by Crippen LogP contribution is -2.15. The Hall–Kier alpha value is -1.75. The fourth-order valence-electron chi connectivity index (χ4n) is 2.43. The van der Waals surface area contributed by atoms with Gasteiger partial charge in [-0.1, -0.05) is 29.8 Å². The van der Waals surface area contributed by atoms with Crippen LogP contribution in [0.2, 0.25) is 5.02 Å². The maximum Gasteiger partial charge on any atom is 0.161 e. The molecule has 0 aliphatic rings. The summed E-state index contributed by atoms with van der Waals surface area (Å²) in [6.45, 7) is 4.88. The van der Waals surface area contributed by atoms with Gasteiger partial charge >= 0.3 is 0 Å². The molecule has 0 aliphatic carbocycles. The second kappa shape index (κ2) is 11.0. The van der Waals surface area contributed by atoms with Crippen molar-refractivity contribution in [3.8, 4) is 11.5 Å². The van der Waals surface area contributed by atoms with Crippen LogP contribution in [-0.4, -0.2) is 24.9 Å². The maximum atomic E-state index is 8.79. The normalized spacial score (nSPS) is 10.7. The molecule has 2 N–H and O–H groups in total. The Morgan fingerprint density at radius 3 is 2.64 bits per heavy atom. The van der Waals surface area contributed by atoms with Crippen LogP contribution in [0.25, 0.3) is 0 Å². The molecular formula is C20H26ClNO3. The minimum absolute atomic E-state index is 0.245. The molecular weight excluding hydrogens is 338 g/mol. The van der Waals surface area contributed by atoms with Crippen LogP contribution in [0.4, 0.5) is 0 Å². The summed E-state index contributed by atoms with van der Waals surface area (Å²) in [7, 11) is 0. The van der Waals surface area contributed by atoms with Crippen molar-refractivity contribution in [2.24, 2.45) is 0 Å². The van der Waals surface area contributed by atoms with Crippen molar-refractivity contribution >= 4 is 11.6 Å².